The normalized spacial score (nSPS) is 11.3. The summed E-state index contributed by atoms with van der Waals surface area (Å²) < 4.78 is 0. The number of hydrogen-bond acceptors (Lipinski definition) is 6. The molecule has 7 heteroatoms. The number of nitrogens with zero attached hydrogens (tertiary/aromatic N) is 3. The zero-order valence-electron chi connectivity index (χ0n) is 13.4. The van der Waals surface area contributed by atoms with E-state index in [4.69, 9.17) is 11.6 Å². The van der Waals surface area contributed by atoms with Gasteiger partial charge in [0.1, 0.15) is 16.9 Å². The van der Waals surface area contributed by atoms with Crippen LogP contribution >= 0.6 is 22.9 Å². The first-order valence-electron chi connectivity index (χ1n) is 7.77. The number of rotatable bonds is 4. The molecule has 0 fully saturated rings. The van der Waals surface area contributed by atoms with Crippen LogP contribution in [0.2, 0.25) is 5.02 Å². The van der Waals surface area contributed by atoms with Crippen molar-refractivity contribution in [1.29, 1.82) is 0 Å². The molecule has 2 aromatic carbocycles. The monoisotopic (exact) mass is 380 g/mol. The second kappa shape index (κ2) is 7.11. The maximum Gasteiger partial charge on any atom is 0.159 e. The minimum Gasteiger partial charge on any atom is -0.508 e. The first kappa shape index (κ1) is 16.5. The summed E-state index contributed by atoms with van der Waals surface area (Å²) in [5.41, 5.74) is 5.93. The average molecular weight is 381 g/mol. The number of phenolic OH excluding ortho intramolecular Hbond substituents is 1. The fourth-order valence-corrected chi connectivity index (χ4v) is 3.57. The van der Waals surface area contributed by atoms with Crippen molar-refractivity contribution in [3.05, 3.63) is 70.8 Å². The van der Waals surface area contributed by atoms with Gasteiger partial charge in [0.05, 0.1) is 11.6 Å². The van der Waals surface area contributed by atoms with Gasteiger partial charge in [0, 0.05) is 16.0 Å². The molecule has 2 aromatic heterocycles. The van der Waals surface area contributed by atoms with Crippen LogP contribution in [0.15, 0.2) is 65.3 Å². The van der Waals surface area contributed by atoms with E-state index in [2.05, 4.69) is 25.9 Å². The highest BCUT2D eigenvalue weighted by Gasteiger charge is 2.12. The van der Waals surface area contributed by atoms with E-state index in [1.54, 1.807) is 41.8 Å². The van der Waals surface area contributed by atoms with E-state index < -0.39 is 0 Å². The van der Waals surface area contributed by atoms with Gasteiger partial charge >= 0.3 is 0 Å². The molecule has 0 atom stereocenters. The summed E-state index contributed by atoms with van der Waals surface area (Å²) in [4.78, 5) is 9.56. The van der Waals surface area contributed by atoms with Gasteiger partial charge in [0.25, 0.3) is 0 Å². The lowest BCUT2D eigenvalue weighted by Crippen LogP contribution is -1.95. The molecule has 0 radical (unpaired) electrons. The Bertz CT molecular complexity index is 1080. The molecule has 4 aromatic rings. The molecular weight excluding hydrogens is 368 g/mol. The zero-order chi connectivity index (χ0) is 17.9. The van der Waals surface area contributed by atoms with E-state index in [0.717, 1.165) is 26.9 Å². The second-order valence-electron chi connectivity index (χ2n) is 5.52. The summed E-state index contributed by atoms with van der Waals surface area (Å²) in [5.74, 6) is 0.856. The lowest BCUT2D eigenvalue weighted by Gasteiger charge is -2.05. The van der Waals surface area contributed by atoms with E-state index >= 15 is 0 Å². The Morgan fingerprint density at radius 2 is 1.81 bits per heavy atom. The number of phenols is 1. The van der Waals surface area contributed by atoms with Gasteiger partial charge in [-0.15, -0.1) is 11.3 Å². The van der Waals surface area contributed by atoms with Gasteiger partial charge in [-0.05, 0) is 47.5 Å². The number of benzene rings is 2. The molecule has 5 nitrogen and oxygen atoms in total. The van der Waals surface area contributed by atoms with Crippen LogP contribution in [0.5, 0.6) is 5.75 Å². The number of hydrazone groups is 1. The number of aromatic nitrogens is 2. The molecule has 128 valence electrons. The fraction of sp³-hybridized carbons (Fsp3) is 0. The van der Waals surface area contributed by atoms with Crippen molar-refractivity contribution in [2.75, 3.05) is 5.43 Å². The van der Waals surface area contributed by atoms with Crippen LogP contribution < -0.4 is 5.43 Å². The van der Waals surface area contributed by atoms with Crippen molar-refractivity contribution >= 4 is 45.2 Å². The maximum atomic E-state index is 9.33. The molecule has 0 unspecified atom stereocenters. The lowest BCUT2D eigenvalue weighted by atomic mass is 10.1. The third-order valence-electron chi connectivity index (χ3n) is 3.80. The molecule has 2 N–H and O–H groups in total. The van der Waals surface area contributed by atoms with E-state index in [-0.39, 0.29) is 5.75 Å². The molecule has 0 aliphatic heterocycles. The fourth-order valence-electron chi connectivity index (χ4n) is 2.53. The Kier molecular flexibility index (Phi) is 4.51. The maximum absolute atomic E-state index is 9.33. The van der Waals surface area contributed by atoms with Crippen LogP contribution in [0.3, 0.4) is 0 Å². The van der Waals surface area contributed by atoms with Crippen LogP contribution in [-0.4, -0.2) is 21.3 Å². The van der Waals surface area contributed by atoms with Gasteiger partial charge in [-0.1, -0.05) is 23.7 Å². The number of thiophene rings is 1. The smallest absolute Gasteiger partial charge is 0.159 e. The van der Waals surface area contributed by atoms with Gasteiger partial charge in [-0.2, -0.15) is 5.10 Å². The summed E-state index contributed by atoms with van der Waals surface area (Å²) in [7, 11) is 0. The predicted molar refractivity (Wildman–Crippen MR) is 107 cm³/mol. The van der Waals surface area contributed by atoms with Gasteiger partial charge in [0.2, 0.25) is 0 Å². The van der Waals surface area contributed by atoms with E-state index in [1.165, 1.54) is 6.33 Å². The lowest BCUT2D eigenvalue weighted by molar-refractivity contribution is 0.475. The van der Waals surface area contributed by atoms with Gasteiger partial charge in [0.15, 0.2) is 5.82 Å². The van der Waals surface area contributed by atoms with Crippen LogP contribution in [0.25, 0.3) is 21.3 Å². The highest BCUT2D eigenvalue weighted by molar-refractivity contribution is 7.17. The molecular formula is C19H13ClN4OS. The summed E-state index contributed by atoms with van der Waals surface area (Å²) in [6.07, 6.45) is 3.19. The summed E-state index contributed by atoms with van der Waals surface area (Å²) >= 11 is 7.54. The third kappa shape index (κ3) is 3.37. The first-order valence-corrected chi connectivity index (χ1v) is 9.03. The molecule has 0 aliphatic rings. The van der Waals surface area contributed by atoms with Crippen LogP contribution in [0.1, 0.15) is 5.56 Å². The first-order chi connectivity index (χ1) is 12.7. The standard InChI is InChI=1S/C19H13ClN4OS/c20-14-5-3-13(4-6-14)16-10-26-19-17(16)18(21-11-22-19)24-23-9-12-1-7-15(25)8-2-12/h1-11,25H,(H,21,22,24). The summed E-state index contributed by atoms with van der Waals surface area (Å²) in [6.45, 7) is 0. The van der Waals surface area contributed by atoms with E-state index in [9.17, 15) is 5.11 Å². The molecule has 4 rings (SSSR count). The van der Waals surface area contributed by atoms with Gasteiger partial charge < -0.3 is 5.11 Å². The summed E-state index contributed by atoms with van der Waals surface area (Å²) in [5, 5.41) is 17.3. The quantitative estimate of drug-likeness (QED) is 0.379. The molecule has 2 heterocycles. The molecule has 26 heavy (non-hydrogen) atoms. The summed E-state index contributed by atoms with van der Waals surface area (Å²) in [6, 6.07) is 14.4. The Morgan fingerprint density at radius 1 is 1.04 bits per heavy atom. The van der Waals surface area contributed by atoms with Crippen molar-refractivity contribution in [2.24, 2.45) is 5.10 Å². The van der Waals surface area contributed by atoms with Crippen LogP contribution in [0.4, 0.5) is 5.82 Å². The SMILES string of the molecule is Oc1ccc(C=NNc2ncnc3scc(-c4ccc(Cl)cc4)c23)cc1. The Labute approximate surface area is 158 Å². The Hall–Kier alpha value is -2.96. The van der Waals surface area contributed by atoms with E-state index in [0.29, 0.717) is 10.8 Å². The molecule has 0 saturated carbocycles. The number of nitrogens with one attached hydrogen (secondary N) is 1. The largest absolute Gasteiger partial charge is 0.508 e. The zero-order valence-corrected chi connectivity index (χ0v) is 15.0. The molecule has 0 amide bonds. The number of aromatic hydroxyl groups is 1. The molecule has 0 bridgehead atoms. The molecule has 0 spiro atoms. The third-order valence-corrected chi connectivity index (χ3v) is 4.94. The Morgan fingerprint density at radius 3 is 2.58 bits per heavy atom. The van der Waals surface area contributed by atoms with Crippen LogP contribution in [0, 0.1) is 0 Å². The second-order valence-corrected chi connectivity index (χ2v) is 6.81. The van der Waals surface area contributed by atoms with Gasteiger partial charge in [-0.3, -0.25) is 5.43 Å². The predicted octanol–water partition coefficient (Wildman–Crippen LogP) is 5.16. The minimum absolute atomic E-state index is 0.221. The van der Waals surface area contributed by atoms with Crippen molar-refractivity contribution < 1.29 is 5.11 Å². The number of halogens is 1. The number of anilines is 1. The van der Waals surface area contributed by atoms with Crippen LogP contribution in [-0.2, 0) is 0 Å². The molecule has 0 aliphatic carbocycles. The Balaban J connectivity index is 1.67. The number of hydrogen-bond donors (Lipinski definition) is 2. The minimum atomic E-state index is 0.221. The van der Waals surface area contributed by atoms with Crippen molar-refractivity contribution in [3.8, 4) is 16.9 Å². The topological polar surface area (TPSA) is 70.4 Å². The van der Waals surface area contributed by atoms with Crippen molar-refractivity contribution in [1.82, 2.24) is 9.97 Å². The number of fused-ring (bicyclic) bond motifs is 1. The average Bonchev–Trinajstić information content (AvgIpc) is 3.09. The van der Waals surface area contributed by atoms with Crippen molar-refractivity contribution in [2.45, 2.75) is 0 Å². The highest BCUT2D eigenvalue weighted by Crippen LogP contribution is 2.36. The van der Waals surface area contributed by atoms with E-state index in [1.807, 2.05) is 24.3 Å². The highest BCUT2D eigenvalue weighted by atomic mass is 35.5. The van der Waals surface area contributed by atoms with Gasteiger partial charge in [-0.25, -0.2) is 9.97 Å². The molecule has 0 saturated heterocycles. The van der Waals surface area contributed by atoms with Crippen molar-refractivity contribution in [3.63, 3.8) is 0 Å².